The lowest BCUT2D eigenvalue weighted by molar-refractivity contribution is -0.121. The van der Waals surface area contributed by atoms with Crippen LogP contribution in [0.1, 0.15) is 56.9 Å². The second kappa shape index (κ2) is 13.7. The lowest BCUT2D eigenvalue weighted by Gasteiger charge is -2.24. The first-order valence-electron chi connectivity index (χ1n) is 12.0. The Morgan fingerprint density at radius 2 is 1.73 bits per heavy atom. The number of aryl methyl sites for hydroxylation is 2. The van der Waals surface area contributed by atoms with Crippen molar-refractivity contribution >= 4 is 17.6 Å². The molecule has 0 radical (unpaired) electrons. The molecule has 3 amide bonds. The van der Waals surface area contributed by atoms with E-state index in [1.54, 1.807) is 17.2 Å². The molecule has 182 valence electrons. The highest BCUT2D eigenvalue weighted by molar-refractivity contribution is 5.91. The van der Waals surface area contributed by atoms with E-state index < -0.39 is 0 Å². The van der Waals surface area contributed by atoms with E-state index in [1.165, 1.54) is 0 Å². The van der Waals surface area contributed by atoms with Crippen LogP contribution in [0.2, 0.25) is 0 Å². The van der Waals surface area contributed by atoms with E-state index in [1.807, 2.05) is 45.0 Å². The molecule has 2 rings (SSSR count). The molecule has 0 bridgehead atoms. The number of carbonyl (C=O) groups is 2. The molecule has 0 fully saturated rings. The number of amides is 3. The van der Waals surface area contributed by atoms with Gasteiger partial charge in [0, 0.05) is 24.7 Å². The van der Waals surface area contributed by atoms with E-state index in [0.29, 0.717) is 18.8 Å². The minimum Gasteiger partial charge on any atom is -0.467 e. The predicted octanol–water partition coefficient (Wildman–Crippen LogP) is 4.95. The van der Waals surface area contributed by atoms with Crippen molar-refractivity contribution in [2.75, 3.05) is 31.5 Å². The molecule has 1 aromatic heterocycles. The first-order chi connectivity index (χ1) is 15.8. The molecule has 0 aliphatic carbocycles. The molecule has 0 aliphatic rings. The fourth-order valence-corrected chi connectivity index (χ4v) is 3.86. The zero-order valence-electron chi connectivity index (χ0n) is 20.8. The first kappa shape index (κ1) is 26.5. The van der Waals surface area contributed by atoms with Crippen LogP contribution in [0.15, 0.2) is 41.0 Å². The van der Waals surface area contributed by atoms with E-state index in [4.69, 9.17) is 4.42 Å². The number of urea groups is 1. The number of anilines is 1. The highest BCUT2D eigenvalue weighted by Gasteiger charge is 2.19. The van der Waals surface area contributed by atoms with E-state index in [0.717, 1.165) is 49.3 Å². The van der Waals surface area contributed by atoms with Gasteiger partial charge in [-0.25, -0.2) is 4.79 Å². The molecule has 2 N–H and O–H groups in total. The van der Waals surface area contributed by atoms with Crippen LogP contribution in [0.4, 0.5) is 10.5 Å². The van der Waals surface area contributed by atoms with Gasteiger partial charge in [0.2, 0.25) is 5.91 Å². The van der Waals surface area contributed by atoms with Crippen molar-refractivity contribution in [1.82, 2.24) is 15.1 Å². The third kappa shape index (κ3) is 8.92. The van der Waals surface area contributed by atoms with Crippen molar-refractivity contribution in [2.45, 2.75) is 66.5 Å². The summed E-state index contributed by atoms with van der Waals surface area (Å²) in [6.07, 6.45) is 3.81. The summed E-state index contributed by atoms with van der Waals surface area (Å²) in [6, 6.07) is 9.39. The zero-order valence-corrected chi connectivity index (χ0v) is 20.8. The summed E-state index contributed by atoms with van der Waals surface area (Å²) >= 11 is 0. The molecule has 0 saturated heterocycles. The van der Waals surface area contributed by atoms with Gasteiger partial charge in [0.25, 0.3) is 0 Å². The average Bonchev–Trinajstić information content (AvgIpc) is 3.30. The van der Waals surface area contributed by atoms with Gasteiger partial charge in [-0.2, -0.15) is 0 Å². The topological polar surface area (TPSA) is 77.8 Å². The van der Waals surface area contributed by atoms with Gasteiger partial charge in [0.15, 0.2) is 0 Å². The van der Waals surface area contributed by atoms with Crippen molar-refractivity contribution in [3.05, 3.63) is 53.5 Å². The van der Waals surface area contributed by atoms with Gasteiger partial charge in [0.05, 0.1) is 12.8 Å². The number of hydrogen-bond acceptors (Lipinski definition) is 4. The van der Waals surface area contributed by atoms with Crippen molar-refractivity contribution in [2.24, 2.45) is 0 Å². The van der Waals surface area contributed by atoms with E-state index in [-0.39, 0.29) is 24.4 Å². The summed E-state index contributed by atoms with van der Waals surface area (Å²) in [4.78, 5) is 29.6. The molecule has 1 atom stereocenters. The number of benzene rings is 1. The molecule has 7 nitrogen and oxygen atoms in total. The Labute approximate surface area is 198 Å². The Morgan fingerprint density at radius 1 is 1.03 bits per heavy atom. The summed E-state index contributed by atoms with van der Waals surface area (Å²) in [5.74, 6) is 0.631. The van der Waals surface area contributed by atoms with Crippen LogP contribution in [0.5, 0.6) is 0 Å². The summed E-state index contributed by atoms with van der Waals surface area (Å²) in [5, 5.41) is 6.09. The highest BCUT2D eigenvalue weighted by atomic mass is 16.3. The molecule has 33 heavy (non-hydrogen) atoms. The molecular weight excluding hydrogens is 416 g/mol. The molecule has 0 aliphatic heterocycles. The SMILES string of the molecule is CCN(CC)CCCC(C)NC(=O)CCN(Cc1ccco1)C(=O)Nc1c(C)cccc1C. The smallest absolute Gasteiger partial charge is 0.322 e. The minimum absolute atomic E-state index is 0.0466. The van der Waals surface area contributed by atoms with Gasteiger partial charge < -0.3 is 24.9 Å². The average molecular weight is 457 g/mol. The monoisotopic (exact) mass is 456 g/mol. The van der Waals surface area contributed by atoms with Gasteiger partial charge in [-0.1, -0.05) is 32.0 Å². The number of hydrogen-bond donors (Lipinski definition) is 2. The molecule has 0 saturated carbocycles. The highest BCUT2D eigenvalue weighted by Crippen LogP contribution is 2.20. The van der Waals surface area contributed by atoms with Crippen LogP contribution in [-0.2, 0) is 11.3 Å². The number of furan rings is 1. The third-order valence-corrected chi connectivity index (χ3v) is 5.95. The van der Waals surface area contributed by atoms with Gasteiger partial charge >= 0.3 is 6.03 Å². The molecule has 1 aromatic carbocycles. The fourth-order valence-electron chi connectivity index (χ4n) is 3.86. The number of carbonyl (C=O) groups excluding carboxylic acids is 2. The van der Waals surface area contributed by atoms with Crippen molar-refractivity contribution in [3.8, 4) is 0 Å². The first-order valence-corrected chi connectivity index (χ1v) is 12.0. The molecule has 0 spiro atoms. The van der Waals surface area contributed by atoms with E-state index in [9.17, 15) is 9.59 Å². The van der Waals surface area contributed by atoms with Crippen LogP contribution >= 0.6 is 0 Å². The van der Waals surface area contributed by atoms with Gasteiger partial charge in [0.1, 0.15) is 5.76 Å². The van der Waals surface area contributed by atoms with Crippen molar-refractivity contribution in [1.29, 1.82) is 0 Å². The lowest BCUT2D eigenvalue weighted by atomic mass is 10.1. The summed E-state index contributed by atoms with van der Waals surface area (Å²) < 4.78 is 5.44. The summed E-state index contributed by atoms with van der Waals surface area (Å²) in [7, 11) is 0. The van der Waals surface area contributed by atoms with E-state index >= 15 is 0 Å². The molecule has 2 aromatic rings. The van der Waals surface area contributed by atoms with Crippen molar-refractivity contribution in [3.63, 3.8) is 0 Å². The maximum Gasteiger partial charge on any atom is 0.322 e. The fraction of sp³-hybridized carbons (Fsp3) is 0.538. The van der Waals surface area contributed by atoms with Gasteiger partial charge in [-0.05, 0) is 76.5 Å². The van der Waals surface area contributed by atoms with E-state index in [2.05, 4.69) is 29.4 Å². The van der Waals surface area contributed by atoms with Gasteiger partial charge in [-0.15, -0.1) is 0 Å². The lowest BCUT2D eigenvalue weighted by Crippen LogP contribution is -2.39. The third-order valence-electron chi connectivity index (χ3n) is 5.95. The minimum atomic E-state index is -0.246. The molecule has 1 heterocycles. The van der Waals surface area contributed by atoms with Crippen LogP contribution in [0, 0.1) is 13.8 Å². The summed E-state index contributed by atoms with van der Waals surface area (Å²) in [6.45, 7) is 14.0. The van der Waals surface area contributed by atoms with Crippen LogP contribution < -0.4 is 10.6 Å². The maximum absolute atomic E-state index is 13.1. The van der Waals surface area contributed by atoms with Crippen LogP contribution in [0.3, 0.4) is 0 Å². The van der Waals surface area contributed by atoms with Crippen LogP contribution in [0.25, 0.3) is 0 Å². The Bertz CT molecular complexity index is 842. The van der Waals surface area contributed by atoms with Gasteiger partial charge in [-0.3, -0.25) is 4.79 Å². The Hall–Kier alpha value is -2.80. The number of rotatable bonds is 13. The number of nitrogens with one attached hydrogen (secondary N) is 2. The van der Waals surface area contributed by atoms with Crippen LogP contribution in [-0.4, -0.2) is 54.0 Å². The number of para-hydroxylation sites is 1. The molecule has 1 unspecified atom stereocenters. The summed E-state index contributed by atoms with van der Waals surface area (Å²) in [5.41, 5.74) is 2.80. The maximum atomic E-state index is 13.1. The largest absolute Gasteiger partial charge is 0.467 e. The zero-order chi connectivity index (χ0) is 24.2. The Kier molecular flexibility index (Phi) is 11.0. The standard InChI is InChI=1S/C26H40N4O3/c1-6-29(7-2)16-9-13-22(5)27-24(31)15-17-30(19-23-14-10-18-33-23)26(32)28-25-20(3)11-8-12-21(25)4/h8,10-12,14,18,22H,6-7,9,13,15-17,19H2,1-5H3,(H,27,31)(H,28,32). The quantitative estimate of drug-likeness (QED) is 0.447. The Morgan fingerprint density at radius 3 is 2.33 bits per heavy atom. The normalized spacial score (nSPS) is 11.9. The predicted molar refractivity (Wildman–Crippen MR) is 133 cm³/mol. The Balaban J connectivity index is 1.91. The molecule has 7 heteroatoms. The second-order valence-electron chi connectivity index (χ2n) is 8.59. The molecular formula is C26H40N4O3. The van der Waals surface area contributed by atoms with Crippen molar-refractivity contribution < 1.29 is 14.0 Å². The number of nitrogens with zero attached hydrogens (tertiary/aromatic N) is 2. The second-order valence-corrected chi connectivity index (χ2v) is 8.59.